The highest BCUT2D eigenvalue weighted by molar-refractivity contribution is 6.58. The zero-order chi connectivity index (χ0) is 11.1. The normalized spacial score (nSPS) is 15.6. The van der Waals surface area contributed by atoms with E-state index in [2.05, 4.69) is 41.5 Å². The van der Waals surface area contributed by atoms with Crippen molar-refractivity contribution in [3.8, 4) is 0 Å². The van der Waals surface area contributed by atoms with Crippen molar-refractivity contribution in [1.29, 1.82) is 0 Å². The smallest absolute Gasteiger partial charge is 0.0770 e. The molecule has 84 valence electrons. The third kappa shape index (κ3) is 5.72. The number of hydrogen-bond donors (Lipinski definition) is 0. The highest BCUT2D eigenvalue weighted by Crippen LogP contribution is 2.23. The third-order valence-corrected chi connectivity index (χ3v) is 3.85. The van der Waals surface area contributed by atoms with Gasteiger partial charge in [-0.1, -0.05) is 72.8 Å². The molecule has 0 saturated carbocycles. The molecule has 0 spiro atoms. The Kier molecular flexibility index (Phi) is 7.40. The molecule has 0 rings (SSSR count). The maximum Gasteiger partial charge on any atom is 0.140 e. The van der Waals surface area contributed by atoms with Gasteiger partial charge in [0.1, 0.15) is 6.71 Å². The lowest BCUT2D eigenvalue weighted by Gasteiger charge is -2.22. The summed E-state index contributed by atoms with van der Waals surface area (Å²) in [6.45, 7) is 15.1. The maximum atomic E-state index is 2.41. The van der Waals surface area contributed by atoms with E-state index in [1.807, 2.05) is 0 Å². The van der Waals surface area contributed by atoms with E-state index in [-0.39, 0.29) is 0 Å². The first-order chi connectivity index (χ1) is 6.51. The van der Waals surface area contributed by atoms with Crippen LogP contribution in [-0.2, 0) is 0 Å². The van der Waals surface area contributed by atoms with Crippen LogP contribution in [0.3, 0.4) is 0 Å². The standard InChI is InChI=1S/C13H29B/c1-7-12(5)9-14(8-2)10-13(6)11(3)4/h11-13H,7-10H2,1-6H3. The van der Waals surface area contributed by atoms with E-state index in [1.165, 1.54) is 25.4 Å². The largest absolute Gasteiger partial charge is 0.140 e. The molecule has 2 atom stereocenters. The lowest BCUT2D eigenvalue weighted by Crippen LogP contribution is -2.20. The Morgan fingerprint density at radius 3 is 1.86 bits per heavy atom. The fourth-order valence-electron chi connectivity index (χ4n) is 1.96. The Bertz CT molecular complexity index is 131. The van der Waals surface area contributed by atoms with E-state index in [0.29, 0.717) is 0 Å². The molecule has 0 radical (unpaired) electrons. The van der Waals surface area contributed by atoms with Gasteiger partial charge in [-0.05, 0) is 11.8 Å². The molecule has 1 heteroatoms. The van der Waals surface area contributed by atoms with Gasteiger partial charge in [0.25, 0.3) is 0 Å². The van der Waals surface area contributed by atoms with Gasteiger partial charge in [0.15, 0.2) is 0 Å². The summed E-state index contributed by atoms with van der Waals surface area (Å²) >= 11 is 0. The van der Waals surface area contributed by atoms with Crippen LogP contribution < -0.4 is 0 Å². The van der Waals surface area contributed by atoms with Crippen LogP contribution in [0.2, 0.25) is 19.0 Å². The molecule has 14 heavy (non-hydrogen) atoms. The number of hydrogen-bond acceptors (Lipinski definition) is 0. The fraction of sp³-hybridized carbons (Fsp3) is 1.00. The van der Waals surface area contributed by atoms with E-state index < -0.39 is 0 Å². The van der Waals surface area contributed by atoms with Gasteiger partial charge in [-0.15, -0.1) is 0 Å². The van der Waals surface area contributed by atoms with Crippen LogP contribution >= 0.6 is 0 Å². The Morgan fingerprint density at radius 1 is 0.929 bits per heavy atom. The van der Waals surface area contributed by atoms with Crippen LogP contribution in [0, 0.1) is 17.8 Å². The van der Waals surface area contributed by atoms with Gasteiger partial charge in [-0.2, -0.15) is 0 Å². The van der Waals surface area contributed by atoms with Crippen molar-refractivity contribution in [2.45, 2.75) is 66.9 Å². The van der Waals surface area contributed by atoms with E-state index in [4.69, 9.17) is 0 Å². The molecule has 2 unspecified atom stereocenters. The molecule has 0 amide bonds. The zero-order valence-electron chi connectivity index (χ0n) is 11.1. The maximum absolute atomic E-state index is 2.41. The molecule has 0 aliphatic heterocycles. The van der Waals surface area contributed by atoms with Gasteiger partial charge in [-0.25, -0.2) is 0 Å². The Labute approximate surface area is 91.9 Å². The first-order valence-electron chi connectivity index (χ1n) is 6.51. The first kappa shape index (κ1) is 14.1. The Balaban J connectivity index is 3.89. The van der Waals surface area contributed by atoms with Gasteiger partial charge in [0.05, 0.1) is 0 Å². The van der Waals surface area contributed by atoms with E-state index in [9.17, 15) is 0 Å². The summed E-state index contributed by atoms with van der Waals surface area (Å²) in [5.74, 6) is 2.66. The molecule has 0 aromatic rings. The van der Waals surface area contributed by atoms with Crippen molar-refractivity contribution in [2.24, 2.45) is 17.8 Å². The lowest BCUT2D eigenvalue weighted by atomic mass is 9.39. The Hall–Kier alpha value is 0.0649. The molecule has 0 bridgehead atoms. The summed E-state index contributed by atoms with van der Waals surface area (Å²) < 4.78 is 0. The third-order valence-electron chi connectivity index (χ3n) is 3.85. The van der Waals surface area contributed by atoms with Crippen LogP contribution in [0.5, 0.6) is 0 Å². The molecular formula is C13H29B. The minimum atomic E-state index is 0.848. The van der Waals surface area contributed by atoms with Crippen molar-refractivity contribution in [3.05, 3.63) is 0 Å². The van der Waals surface area contributed by atoms with Crippen LogP contribution in [0.25, 0.3) is 0 Å². The SMILES string of the molecule is CCB(CC(C)CC)CC(C)C(C)C. The van der Waals surface area contributed by atoms with Crippen LogP contribution in [-0.4, -0.2) is 6.71 Å². The molecule has 0 saturated heterocycles. The van der Waals surface area contributed by atoms with Crippen LogP contribution in [0.15, 0.2) is 0 Å². The van der Waals surface area contributed by atoms with Gasteiger partial charge in [0.2, 0.25) is 0 Å². The van der Waals surface area contributed by atoms with Gasteiger partial charge >= 0.3 is 0 Å². The fourth-order valence-corrected chi connectivity index (χ4v) is 1.96. The quantitative estimate of drug-likeness (QED) is 0.511. The molecule has 0 aliphatic carbocycles. The average Bonchev–Trinajstić information content (AvgIpc) is 2.16. The molecule has 0 fully saturated rings. The second-order valence-corrected chi connectivity index (χ2v) is 5.48. The van der Waals surface area contributed by atoms with Gasteiger partial charge in [-0.3, -0.25) is 0 Å². The summed E-state index contributed by atoms with van der Waals surface area (Å²) in [5, 5.41) is 0. The average molecular weight is 196 g/mol. The molecule has 0 nitrogen and oxygen atoms in total. The van der Waals surface area contributed by atoms with Crippen LogP contribution in [0.4, 0.5) is 0 Å². The summed E-state index contributed by atoms with van der Waals surface area (Å²) in [5.41, 5.74) is 0. The molecule has 0 N–H and O–H groups in total. The topological polar surface area (TPSA) is 0 Å². The second kappa shape index (κ2) is 7.37. The van der Waals surface area contributed by atoms with Crippen molar-refractivity contribution in [3.63, 3.8) is 0 Å². The zero-order valence-corrected chi connectivity index (χ0v) is 11.1. The summed E-state index contributed by atoms with van der Waals surface area (Å²) in [7, 11) is 0. The predicted octanol–water partition coefficient (Wildman–Crippen LogP) is 4.84. The van der Waals surface area contributed by atoms with Crippen LogP contribution in [0.1, 0.15) is 48.0 Å². The van der Waals surface area contributed by atoms with Crippen molar-refractivity contribution < 1.29 is 0 Å². The monoisotopic (exact) mass is 196 g/mol. The minimum absolute atomic E-state index is 0.848. The van der Waals surface area contributed by atoms with Crippen molar-refractivity contribution in [2.75, 3.05) is 0 Å². The first-order valence-corrected chi connectivity index (χ1v) is 6.51. The molecule has 0 aromatic heterocycles. The van der Waals surface area contributed by atoms with E-state index in [1.54, 1.807) is 0 Å². The minimum Gasteiger partial charge on any atom is -0.0770 e. The van der Waals surface area contributed by atoms with E-state index >= 15 is 0 Å². The highest BCUT2D eigenvalue weighted by atomic mass is 14.1. The van der Waals surface area contributed by atoms with Gasteiger partial charge in [0, 0.05) is 0 Å². The molecular weight excluding hydrogens is 167 g/mol. The number of rotatable bonds is 7. The predicted molar refractivity (Wildman–Crippen MR) is 69.3 cm³/mol. The Morgan fingerprint density at radius 2 is 1.50 bits per heavy atom. The van der Waals surface area contributed by atoms with Crippen molar-refractivity contribution in [1.82, 2.24) is 0 Å². The molecule has 0 heterocycles. The molecule has 0 aliphatic rings. The summed E-state index contributed by atoms with van der Waals surface area (Å²) in [4.78, 5) is 0. The van der Waals surface area contributed by atoms with Gasteiger partial charge < -0.3 is 0 Å². The summed E-state index contributed by atoms with van der Waals surface area (Å²) in [6.07, 6.45) is 5.57. The van der Waals surface area contributed by atoms with E-state index in [0.717, 1.165) is 24.5 Å². The second-order valence-electron chi connectivity index (χ2n) is 5.48. The summed E-state index contributed by atoms with van der Waals surface area (Å²) in [6, 6.07) is 0. The highest BCUT2D eigenvalue weighted by Gasteiger charge is 2.18. The van der Waals surface area contributed by atoms with Crippen molar-refractivity contribution >= 4 is 6.71 Å². The molecule has 0 aromatic carbocycles. The lowest BCUT2D eigenvalue weighted by molar-refractivity contribution is 0.451.